The second kappa shape index (κ2) is 7.18. The van der Waals surface area contributed by atoms with Crippen LogP contribution in [0.4, 0.5) is 5.95 Å². The van der Waals surface area contributed by atoms with E-state index in [0.717, 1.165) is 19.0 Å². The molecule has 116 valence electrons. The number of aromatic nitrogens is 2. The molecule has 0 aliphatic carbocycles. The van der Waals surface area contributed by atoms with Crippen molar-refractivity contribution in [2.75, 3.05) is 38.1 Å². The Bertz CT molecular complexity index is 416. The number of likely N-dealkylation sites (tertiary alicyclic amines) is 1. The Morgan fingerprint density at radius 1 is 0.952 bits per heavy atom. The molecule has 3 heterocycles. The normalized spacial score (nSPS) is 25.8. The van der Waals surface area contributed by atoms with Crippen molar-refractivity contribution in [3.63, 3.8) is 0 Å². The van der Waals surface area contributed by atoms with Crippen molar-refractivity contribution in [3.05, 3.63) is 18.5 Å². The Kier molecular flexibility index (Phi) is 5.04. The maximum atomic E-state index is 4.35. The van der Waals surface area contributed by atoms with Gasteiger partial charge in [0.25, 0.3) is 0 Å². The Balaban J connectivity index is 1.45. The highest BCUT2D eigenvalue weighted by molar-refractivity contribution is 5.29. The van der Waals surface area contributed by atoms with Crippen LogP contribution in [0.5, 0.6) is 0 Å². The first-order valence-corrected chi connectivity index (χ1v) is 8.28. The molecule has 0 radical (unpaired) electrons. The standard InChI is InChI=1S/C16H27N5/c1-20-10-2-4-14(5-11-20)19-15-6-12-21(13-7-15)16-17-8-3-9-18-16/h3,8-9,14-15,19H,2,4-7,10-13H2,1H3. The lowest BCUT2D eigenvalue weighted by Gasteiger charge is -2.34. The number of anilines is 1. The lowest BCUT2D eigenvalue weighted by atomic mass is 10.0. The van der Waals surface area contributed by atoms with E-state index in [9.17, 15) is 0 Å². The third kappa shape index (κ3) is 4.14. The van der Waals surface area contributed by atoms with Gasteiger partial charge in [-0.15, -0.1) is 0 Å². The first kappa shape index (κ1) is 14.7. The molecule has 2 fully saturated rings. The molecule has 3 rings (SSSR count). The fraction of sp³-hybridized carbons (Fsp3) is 0.750. The van der Waals surface area contributed by atoms with E-state index < -0.39 is 0 Å². The molecule has 0 aromatic carbocycles. The molecule has 0 amide bonds. The molecule has 2 aliphatic heterocycles. The van der Waals surface area contributed by atoms with Gasteiger partial charge in [0, 0.05) is 37.6 Å². The maximum absolute atomic E-state index is 4.35. The summed E-state index contributed by atoms with van der Waals surface area (Å²) >= 11 is 0. The van der Waals surface area contributed by atoms with Gasteiger partial charge < -0.3 is 15.1 Å². The lowest BCUT2D eigenvalue weighted by molar-refractivity contribution is 0.325. The van der Waals surface area contributed by atoms with Crippen LogP contribution < -0.4 is 10.2 Å². The van der Waals surface area contributed by atoms with E-state index in [1.807, 2.05) is 18.5 Å². The topological polar surface area (TPSA) is 44.3 Å². The Morgan fingerprint density at radius 2 is 1.62 bits per heavy atom. The van der Waals surface area contributed by atoms with E-state index in [1.165, 1.54) is 45.2 Å². The van der Waals surface area contributed by atoms with Crippen LogP contribution in [0, 0.1) is 0 Å². The van der Waals surface area contributed by atoms with Crippen molar-refractivity contribution >= 4 is 5.95 Å². The van der Waals surface area contributed by atoms with E-state index in [0.29, 0.717) is 12.1 Å². The van der Waals surface area contributed by atoms with Gasteiger partial charge in [-0.1, -0.05) is 0 Å². The molecule has 2 saturated heterocycles. The van der Waals surface area contributed by atoms with Crippen LogP contribution in [0.3, 0.4) is 0 Å². The molecule has 0 spiro atoms. The van der Waals surface area contributed by atoms with E-state index in [4.69, 9.17) is 0 Å². The summed E-state index contributed by atoms with van der Waals surface area (Å²) in [5.74, 6) is 0.882. The van der Waals surface area contributed by atoms with Gasteiger partial charge in [-0.25, -0.2) is 9.97 Å². The number of rotatable bonds is 3. The molecule has 5 nitrogen and oxygen atoms in total. The van der Waals surface area contributed by atoms with Gasteiger partial charge in [-0.3, -0.25) is 0 Å². The molecule has 2 aliphatic rings. The third-order valence-corrected chi connectivity index (χ3v) is 4.75. The fourth-order valence-electron chi connectivity index (χ4n) is 3.44. The summed E-state index contributed by atoms with van der Waals surface area (Å²) in [6.07, 6.45) is 9.99. The van der Waals surface area contributed by atoms with Crippen LogP contribution in [-0.4, -0.2) is 60.2 Å². The lowest BCUT2D eigenvalue weighted by Crippen LogP contribution is -2.46. The second-order valence-corrected chi connectivity index (χ2v) is 6.41. The van der Waals surface area contributed by atoms with Crippen molar-refractivity contribution in [2.45, 2.75) is 44.2 Å². The summed E-state index contributed by atoms with van der Waals surface area (Å²) in [7, 11) is 2.24. The zero-order valence-electron chi connectivity index (χ0n) is 13.0. The summed E-state index contributed by atoms with van der Waals surface area (Å²) in [6.45, 7) is 4.61. The highest BCUT2D eigenvalue weighted by Gasteiger charge is 2.23. The number of hydrogen-bond acceptors (Lipinski definition) is 5. The van der Waals surface area contributed by atoms with Crippen LogP contribution >= 0.6 is 0 Å². The van der Waals surface area contributed by atoms with Gasteiger partial charge in [-0.2, -0.15) is 0 Å². The Hall–Kier alpha value is -1.20. The van der Waals surface area contributed by atoms with Gasteiger partial charge in [0.05, 0.1) is 0 Å². The van der Waals surface area contributed by atoms with E-state index >= 15 is 0 Å². The number of nitrogens with zero attached hydrogens (tertiary/aromatic N) is 4. The quantitative estimate of drug-likeness (QED) is 0.914. The molecule has 1 aromatic heterocycles. The predicted octanol–water partition coefficient (Wildman–Crippen LogP) is 1.52. The largest absolute Gasteiger partial charge is 0.341 e. The summed E-state index contributed by atoms with van der Waals surface area (Å²) in [6, 6.07) is 3.25. The number of piperidine rings is 1. The Morgan fingerprint density at radius 3 is 2.38 bits per heavy atom. The molecule has 1 unspecified atom stereocenters. The smallest absolute Gasteiger partial charge is 0.225 e. The van der Waals surface area contributed by atoms with Crippen LogP contribution in [0.2, 0.25) is 0 Å². The minimum Gasteiger partial charge on any atom is -0.341 e. The first-order valence-electron chi connectivity index (χ1n) is 8.28. The highest BCUT2D eigenvalue weighted by Crippen LogP contribution is 2.18. The van der Waals surface area contributed by atoms with Crippen molar-refractivity contribution in [1.82, 2.24) is 20.2 Å². The zero-order valence-corrected chi connectivity index (χ0v) is 13.0. The zero-order chi connectivity index (χ0) is 14.5. The first-order chi connectivity index (χ1) is 10.3. The third-order valence-electron chi connectivity index (χ3n) is 4.75. The molecule has 1 N–H and O–H groups in total. The second-order valence-electron chi connectivity index (χ2n) is 6.41. The SMILES string of the molecule is CN1CCCC(NC2CCN(c3ncccn3)CC2)CC1. The average molecular weight is 289 g/mol. The van der Waals surface area contributed by atoms with Crippen LogP contribution in [0.15, 0.2) is 18.5 Å². The number of nitrogens with one attached hydrogen (secondary N) is 1. The highest BCUT2D eigenvalue weighted by atomic mass is 15.3. The van der Waals surface area contributed by atoms with Gasteiger partial charge in [0.1, 0.15) is 0 Å². The van der Waals surface area contributed by atoms with Gasteiger partial charge >= 0.3 is 0 Å². The van der Waals surface area contributed by atoms with E-state index in [-0.39, 0.29) is 0 Å². The summed E-state index contributed by atoms with van der Waals surface area (Å²) < 4.78 is 0. The molecular formula is C16H27N5. The van der Waals surface area contributed by atoms with Gasteiger partial charge in [0.15, 0.2) is 0 Å². The van der Waals surface area contributed by atoms with Crippen LogP contribution in [-0.2, 0) is 0 Å². The molecule has 0 saturated carbocycles. The number of hydrogen-bond donors (Lipinski definition) is 1. The summed E-state index contributed by atoms with van der Waals surface area (Å²) in [5, 5.41) is 3.90. The summed E-state index contributed by atoms with van der Waals surface area (Å²) in [4.78, 5) is 13.5. The van der Waals surface area contributed by atoms with Gasteiger partial charge in [0.2, 0.25) is 5.95 Å². The van der Waals surface area contributed by atoms with Crippen molar-refractivity contribution in [2.24, 2.45) is 0 Å². The fourth-order valence-corrected chi connectivity index (χ4v) is 3.44. The average Bonchev–Trinajstić information content (AvgIpc) is 2.74. The molecule has 21 heavy (non-hydrogen) atoms. The minimum atomic E-state index is 0.665. The van der Waals surface area contributed by atoms with Crippen LogP contribution in [0.1, 0.15) is 32.1 Å². The molecular weight excluding hydrogens is 262 g/mol. The molecule has 5 heteroatoms. The van der Waals surface area contributed by atoms with E-state index in [2.05, 4.69) is 32.1 Å². The van der Waals surface area contributed by atoms with Crippen LogP contribution in [0.25, 0.3) is 0 Å². The maximum Gasteiger partial charge on any atom is 0.225 e. The van der Waals surface area contributed by atoms with Gasteiger partial charge in [-0.05, 0) is 58.3 Å². The monoisotopic (exact) mass is 289 g/mol. The predicted molar refractivity (Wildman–Crippen MR) is 85.5 cm³/mol. The van der Waals surface area contributed by atoms with E-state index in [1.54, 1.807) is 0 Å². The van der Waals surface area contributed by atoms with Crippen molar-refractivity contribution in [3.8, 4) is 0 Å². The molecule has 1 atom stereocenters. The summed E-state index contributed by atoms with van der Waals surface area (Å²) in [5.41, 5.74) is 0. The minimum absolute atomic E-state index is 0.665. The Labute approximate surface area is 127 Å². The molecule has 0 bridgehead atoms. The van der Waals surface area contributed by atoms with Crippen molar-refractivity contribution < 1.29 is 0 Å². The molecule has 1 aromatic rings. The van der Waals surface area contributed by atoms with Crippen molar-refractivity contribution in [1.29, 1.82) is 0 Å².